The van der Waals surface area contributed by atoms with Crippen LogP contribution in [0.1, 0.15) is 45.7 Å². The molecule has 24 heavy (non-hydrogen) atoms. The molecule has 0 bridgehead atoms. The maximum absolute atomic E-state index is 12.5. The average Bonchev–Trinajstić information content (AvgIpc) is 2.57. The Labute approximate surface area is 142 Å². The zero-order valence-electron chi connectivity index (χ0n) is 14.5. The summed E-state index contributed by atoms with van der Waals surface area (Å²) in [7, 11) is 0. The number of esters is 2. The van der Waals surface area contributed by atoms with Gasteiger partial charge >= 0.3 is 11.9 Å². The Balaban J connectivity index is 2.72. The summed E-state index contributed by atoms with van der Waals surface area (Å²) in [6, 6.07) is 11.7. The molecule has 0 saturated carbocycles. The van der Waals surface area contributed by atoms with Crippen molar-refractivity contribution in [3.63, 3.8) is 0 Å². The standard InChI is InChI=1S/C20H22O4/c1-5-23-19(21)17-13(3)12-16(15-10-8-7-9-11-15)14(4)18(17)20(22)24-6-2/h7-12H,5-6H2,1-4H3. The minimum Gasteiger partial charge on any atom is -0.462 e. The van der Waals surface area contributed by atoms with Crippen molar-refractivity contribution >= 4 is 11.9 Å². The van der Waals surface area contributed by atoms with Gasteiger partial charge in [-0.05, 0) is 49.9 Å². The molecule has 0 atom stereocenters. The van der Waals surface area contributed by atoms with Crippen LogP contribution in [-0.2, 0) is 9.47 Å². The Morgan fingerprint density at radius 2 is 1.42 bits per heavy atom. The van der Waals surface area contributed by atoms with Crippen LogP contribution in [-0.4, -0.2) is 25.2 Å². The number of ether oxygens (including phenoxy) is 2. The van der Waals surface area contributed by atoms with Crippen molar-refractivity contribution in [2.75, 3.05) is 13.2 Å². The van der Waals surface area contributed by atoms with E-state index in [1.165, 1.54) is 0 Å². The van der Waals surface area contributed by atoms with E-state index in [1.807, 2.05) is 43.3 Å². The molecule has 0 aromatic heterocycles. The largest absolute Gasteiger partial charge is 0.462 e. The predicted molar refractivity (Wildman–Crippen MR) is 93.3 cm³/mol. The predicted octanol–water partition coefficient (Wildman–Crippen LogP) is 4.32. The fourth-order valence-corrected chi connectivity index (χ4v) is 2.76. The summed E-state index contributed by atoms with van der Waals surface area (Å²) in [5, 5.41) is 0. The third-order valence-corrected chi connectivity index (χ3v) is 3.83. The molecule has 2 aromatic carbocycles. The number of hydrogen-bond acceptors (Lipinski definition) is 4. The van der Waals surface area contributed by atoms with Crippen molar-refractivity contribution < 1.29 is 19.1 Å². The minimum atomic E-state index is -0.501. The van der Waals surface area contributed by atoms with Crippen molar-refractivity contribution in [2.45, 2.75) is 27.7 Å². The number of carbonyl (C=O) groups excluding carboxylic acids is 2. The Kier molecular flexibility index (Phi) is 5.74. The van der Waals surface area contributed by atoms with Crippen LogP contribution in [0, 0.1) is 13.8 Å². The molecule has 4 nitrogen and oxygen atoms in total. The molecule has 2 aromatic rings. The van der Waals surface area contributed by atoms with Gasteiger partial charge in [-0.3, -0.25) is 0 Å². The molecule has 0 aliphatic carbocycles. The second-order valence-corrected chi connectivity index (χ2v) is 5.42. The summed E-state index contributed by atoms with van der Waals surface area (Å²) in [6.45, 7) is 7.61. The highest BCUT2D eigenvalue weighted by atomic mass is 16.5. The van der Waals surface area contributed by atoms with Gasteiger partial charge in [0, 0.05) is 0 Å². The second-order valence-electron chi connectivity index (χ2n) is 5.42. The van der Waals surface area contributed by atoms with Gasteiger partial charge in [0.25, 0.3) is 0 Å². The maximum atomic E-state index is 12.5. The van der Waals surface area contributed by atoms with E-state index in [0.717, 1.165) is 11.1 Å². The molecule has 0 saturated heterocycles. The number of aryl methyl sites for hydroxylation is 1. The lowest BCUT2D eigenvalue weighted by Gasteiger charge is -2.17. The highest BCUT2D eigenvalue weighted by Crippen LogP contribution is 2.31. The number of benzene rings is 2. The number of rotatable bonds is 5. The molecule has 0 aliphatic rings. The van der Waals surface area contributed by atoms with Gasteiger partial charge in [-0.2, -0.15) is 0 Å². The van der Waals surface area contributed by atoms with Gasteiger partial charge in [0.15, 0.2) is 0 Å². The fourth-order valence-electron chi connectivity index (χ4n) is 2.76. The van der Waals surface area contributed by atoms with Crippen LogP contribution in [0.15, 0.2) is 36.4 Å². The molecule has 0 aliphatic heterocycles. The summed E-state index contributed by atoms with van der Waals surface area (Å²) in [5.74, 6) is -1.00. The van der Waals surface area contributed by atoms with Crippen molar-refractivity contribution in [3.8, 4) is 11.1 Å². The summed E-state index contributed by atoms with van der Waals surface area (Å²) in [6.07, 6.45) is 0. The molecule has 4 heteroatoms. The van der Waals surface area contributed by atoms with E-state index in [1.54, 1.807) is 20.8 Å². The topological polar surface area (TPSA) is 52.6 Å². The molecule has 0 radical (unpaired) electrons. The summed E-state index contributed by atoms with van der Waals surface area (Å²) in [4.78, 5) is 24.9. The van der Waals surface area contributed by atoms with E-state index >= 15 is 0 Å². The lowest BCUT2D eigenvalue weighted by Crippen LogP contribution is -2.18. The van der Waals surface area contributed by atoms with Crippen molar-refractivity contribution in [1.29, 1.82) is 0 Å². The first-order chi connectivity index (χ1) is 11.5. The molecular weight excluding hydrogens is 304 g/mol. The quantitative estimate of drug-likeness (QED) is 0.768. The highest BCUT2D eigenvalue weighted by Gasteiger charge is 2.26. The molecular formula is C20H22O4. The molecule has 0 unspecified atom stereocenters. The summed E-state index contributed by atoms with van der Waals surface area (Å²) >= 11 is 0. The van der Waals surface area contributed by atoms with Crippen LogP contribution in [0.25, 0.3) is 11.1 Å². The SMILES string of the molecule is CCOC(=O)c1c(C)cc(-c2ccccc2)c(C)c1C(=O)OCC. The zero-order chi connectivity index (χ0) is 17.7. The van der Waals surface area contributed by atoms with Gasteiger partial charge < -0.3 is 9.47 Å². The van der Waals surface area contributed by atoms with Crippen LogP contribution in [0.4, 0.5) is 0 Å². The fraction of sp³-hybridized carbons (Fsp3) is 0.300. The van der Waals surface area contributed by atoms with E-state index in [9.17, 15) is 9.59 Å². The highest BCUT2D eigenvalue weighted by molar-refractivity contribution is 6.06. The van der Waals surface area contributed by atoms with Gasteiger partial charge in [-0.1, -0.05) is 36.4 Å². The van der Waals surface area contributed by atoms with Crippen LogP contribution in [0.3, 0.4) is 0 Å². The third kappa shape index (κ3) is 3.48. The van der Waals surface area contributed by atoms with E-state index in [2.05, 4.69) is 0 Å². The lowest BCUT2D eigenvalue weighted by molar-refractivity contribution is 0.0477. The summed E-state index contributed by atoms with van der Waals surface area (Å²) < 4.78 is 10.3. The molecule has 0 fully saturated rings. The van der Waals surface area contributed by atoms with E-state index in [-0.39, 0.29) is 24.3 Å². The van der Waals surface area contributed by atoms with Gasteiger partial charge in [-0.15, -0.1) is 0 Å². The normalized spacial score (nSPS) is 10.3. The Morgan fingerprint density at radius 3 is 1.96 bits per heavy atom. The smallest absolute Gasteiger partial charge is 0.339 e. The minimum absolute atomic E-state index is 0.245. The molecule has 2 rings (SSSR count). The molecule has 0 spiro atoms. The number of hydrogen-bond donors (Lipinski definition) is 0. The molecule has 0 N–H and O–H groups in total. The zero-order valence-corrected chi connectivity index (χ0v) is 14.5. The monoisotopic (exact) mass is 326 g/mol. The Bertz CT molecular complexity index is 748. The van der Waals surface area contributed by atoms with Crippen LogP contribution in [0.5, 0.6) is 0 Å². The van der Waals surface area contributed by atoms with Gasteiger partial charge in [0.2, 0.25) is 0 Å². The molecule has 0 amide bonds. The Hall–Kier alpha value is -2.62. The number of carbonyl (C=O) groups is 2. The van der Waals surface area contributed by atoms with Crippen LogP contribution >= 0.6 is 0 Å². The maximum Gasteiger partial charge on any atom is 0.339 e. The first-order valence-electron chi connectivity index (χ1n) is 8.05. The van der Waals surface area contributed by atoms with Crippen molar-refractivity contribution in [2.24, 2.45) is 0 Å². The first-order valence-corrected chi connectivity index (χ1v) is 8.05. The molecule has 0 heterocycles. The van der Waals surface area contributed by atoms with Gasteiger partial charge in [0.1, 0.15) is 0 Å². The average molecular weight is 326 g/mol. The van der Waals surface area contributed by atoms with Gasteiger partial charge in [0.05, 0.1) is 24.3 Å². The Morgan fingerprint density at radius 1 is 0.875 bits per heavy atom. The first kappa shape index (κ1) is 17.7. The second kappa shape index (κ2) is 7.77. The van der Waals surface area contributed by atoms with E-state index in [4.69, 9.17) is 9.47 Å². The van der Waals surface area contributed by atoms with Crippen molar-refractivity contribution in [3.05, 3.63) is 58.7 Å². The van der Waals surface area contributed by atoms with E-state index < -0.39 is 11.9 Å². The third-order valence-electron chi connectivity index (χ3n) is 3.83. The molecule has 126 valence electrons. The summed E-state index contributed by atoms with van der Waals surface area (Å²) in [5.41, 5.74) is 3.87. The van der Waals surface area contributed by atoms with Crippen LogP contribution < -0.4 is 0 Å². The van der Waals surface area contributed by atoms with Gasteiger partial charge in [-0.25, -0.2) is 9.59 Å². The van der Waals surface area contributed by atoms with Crippen LogP contribution in [0.2, 0.25) is 0 Å². The lowest BCUT2D eigenvalue weighted by atomic mass is 9.89. The van der Waals surface area contributed by atoms with E-state index in [0.29, 0.717) is 11.1 Å². The van der Waals surface area contributed by atoms with Crippen molar-refractivity contribution in [1.82, 2.24) is 0 Å².